The first-order chi connectivity index (χ1) is 16.5. The van der Waals surface area contributed by atoms with E-state index in [4.69, 9.17) is 15.0 Å². The molecule has 1 aromatic heterocycles. The molecular formula is C26H28FN5O2. The molecule has 1 fully saturated rings. The minimum Gasteiger partial charge on any atom is -0.383 e. The van der Waals surface area contributed by atoms with E-state index < -0.39 is 5.82 Å². The molecule has 0 spiro atoms. The number of halogens is 1. The number of nitrogens with one attached hydrogen (secondary N) is 2. The lowest BCUT2D eigenvalue weighted by molar-refractivity contribution is 0.186. The Labute approximate surface area is 198 Å². The predicted molar refractivity (Wildman–Crippen MR) is 130 cm³/mol. The van der Waals surface area contributed by atoms with Crippen LogP contribution in [0, 0.1) is 30.0 Å². The van der Waals surface area contributed by atoms with Crippen molar-refractivity contribution in [1.29, 1.82) is 5.26 Å². The van der Waals surface area contributed by atoms with Crippen LogP contribution in [0.2, 0.25) is 0 Å². The first-order valence-electron chi connectivity index (χ1n) is 11.4. The van der Waals surface area contributed by atoms with Gasteiger partial charge in [-0.3, -0.25) is 4.79 Å². The molecule has 0 radical (unpaired) electrons. The van der Waals surface area contributed by atoms with Crippen molar-refractivity contribution in [3.8, 4) is 28.6 Å². The zero-order valence-corrected chi connectivity index (χ0v) is 19.4. The van der Waals surface area contributed by atoms with Crippen molar-refractivity contribution in [2.24, 2.45) is 5.92 Å². The van der Waals surface area contributed by atoms with Crippen molar-refractivity contribution >= 4 is 5.82 Å². The molecule has 3 aromatic rings. The molecule has 8 heteroatoms. The molecule has 7 nitrogen and oxygen atoms in total. The minimum absolute atomic E-state index is 0.0413. The predicted octanol–water partition coefficient (Wildman–Crippen LogP) is 3.56. The Morgan fingerprint density at radius 2 is 2.03 bits per heavy atom. The number of hydrogen-bond donors (Lipinski definition) is 2. The van der Waals surface area contributed by atoms with Gasteiger partial charge in [0, 0.05) is 31.3 Å². The van der Waals surface area contributed by atoms with Crippen molar-refractivity contribution in [1.82, 2.24) is 14.9 Å². The SMILES string of the molecule is COCCn1c(-c2ccc(C)cc2)c(-c2ccc(C#N)c(F)c2)nc(NC[C@H]2CCNC2)c1=O. The van der Waals surface area contributed by atoms with Gasteiger partial charge in [-0.2, -0.15) is 5.26 Å². The van der Waals surface area contributed by atoms with Crippen LogP contribution in [-0.2, 0) is 11.3 Å². The van der Waals surface area contributed by atoms with Crippen LogP contribution in [0.15, 0.2) is 47.3 Å². The van der Waals surface area contributed by atoms with E-state index in [9.17, 15) is 9.18 Å². The van der Waals surface area contributed by atoms with Crippen molar-refractivity contribution < 1.29 is 9.13 Å². The standard InChI is InChI=1S/C26H28FN5O2/c1-17-3-5-19(6-4-17)24-23(20-7-8-21(14-28)22(27)13-20)31-25(26(33)32(24)11-12-34-2)30-16-18-9-10-29-15-18/h3-8,13,18,29H,9-12,15-16H2,1-2H3,(H,30,31)/t18-/m0/s1. The average Bonchev–Trinajstić information content (AvgIpc) is 3.36. The molecule has 0 aliphatic carbocycles. The van der Waals surface area contributed by atoms with E-state index >= 15 is 0 Å². The summed E-state index contributed by atoms with van der Waals surface area (Å²) >= 11 is 0. The number of ether oxygens (including phenoxy) is 1. The monoisotopic (exact) mass is 461 g/mol. The summed E-state index contributed by atoms with van der Waals surface area (Å²) in [6, 6.07) is 14.0. The maximum absolute atomic E-state index is 14.6. The number of nitrogens with zero attached hydrogens (tertiary/aromatic N) is 3. The van der Waals surface area contributed by atoms with E-state index in [0.29, 0.717) is 42.6 Å². The number of aromatic nitrogens is 2. The van der Waals surface area contributed by atoms with E-state index in [0.717, 1.165) is 30.6 Å². The third-order valence-corrected chi connectivity index (χ3v) is 6.09. The molecule has 0 bridgehead atoms. The van der Waals surface area contributed by atoms with E-state index in [1.807, 2.05) is 37.3 Å². The van der Waals surface area contributed by atoms with E-state index in [1.54, 1.807) is 17.7 Å². The number of methoxy groups -OCH3 is 1. The summed E-state index contributed by atoms with van der Waals surface area (Å²) in [5.74, 6) is -0.00215. The minimum atomic E-state index is -0.627. The number of anilines is 1. The van der Waals surface area contributed by atoms with Crippen LogP contribution in [-0.4, -0.2) is 42.9 Å². The van der Waals surface area contributed by atoms with Crippen LogP contribution in [0.25, 0.3) is 22.5 Å². The highest BCUT2D eigenvalue weighted by Gasteiger charge is 2.22. The van der Waals surface area contributed by atoms with Crippen LogP contribution < -0.4 is 16.2 Å². The largest absolute Gasteiger partial charge is 0.383 e. The smallest absolute Gasteiger partial charge is 0.293 e. The lowest BCUT2D eigenvalue weighted by Crippen LogP contribution is -2.30. The maximum atomic E-state index is 14.6. The number of rotatable bonds is 8. The van der Waals surface area contributed by atoms with Gasteiger partial charge < -0.3 is 19.9 Å². The van der Waals surface area contributed by atoms with Gasteiger partial charge in [-0.05, 0) is 44.5 Å². The Hall–Kier alpha value is -3.54. The average molecular weight is 462 g/mol. The second-order valence-corrected chi connectivity index (χ2v) is 8.52. The summed E-state index contributed by atoms with van der Waals surface area (Å²) in [5.41, 5.74) is 3.12. The molecule has 176 valence electrons. The molecule has 1 atom stereocenters. The van der Waals surface area contributed by atoms with Crippen LogP contribution in [0.1, 0.15) is 17.5 Å². The second kappa shape index (κ2) is 10.6. The van der Waals surface area contributed by atoms with Gasteiger partial charge in [0.1, 0.15) is 11.9 Å². The van der Waals surface area contributed by atoms with Crippen molar-refractivity contribution in [3.05, 3.63) is 69.8 Å². The molecule has 0 unspecified atom stereocenters. The molecule has 2 heterocycles. The number of nitriles is 1. The molecule has 2 N–H and O–H groups in total. The fourth-order valence-electron chi connectivity index (χ4n) is 4.17. The number of benzene rings is 2. The highest BCUT2D eigenvalue weighted by Crippen LogP contribution is 2.32. The van der Waals surface area contributed by atoms with Gasteiger partial charge >= 0.3 is 0 Å². The van der Waals surface area contributed by atoms with Gasteiger partial charge in [-0.1, -0.05) is 35.9 Å². The van der Waals surface area contributed by atoms with Crippen LogP contribution in [0.5, 0.6) is 0 Å². The van der Waals surface area contributed by atoms with E-state index in [2.05, 4.69) is 10.6 Å². The van der Waals surface area contributed by atoms with Gasteiger partial charge in [-0.25, -0.2) is 9.37 Å². The fraction of sp³-hybridized carbons (Fsp3) is 0.346. The molecule has 0 saturated carbocycles. The quantitative estimate of drug-likeness (QED) is 0.533. The normalized spacial score (nSPS) is 15.3. The van der Waals surface area contributed by atoms with Gasteiger partial charge in [0.05, 0.1) is 23.6 Å². The first-order valence-corrected chi connectivity index (χ1v) is 11.4. The number of hydrogen-bond acceptors (Lipinski definition) is 6. The Kier molecular flexibility index (Phi) is 7.36. The zero-order chi connectivity index (χ0) is 24.1. The Morgan fingerprint density at radius 3 is 2.68 bits per heavy atom. The Balaban J connectivity index is 1.91. The van der Waals surface area contributed by atoms with Gasteiger partial charge in [0.25, 0.3) is 5.56 Å². The zero-order valence-electron chi connectivity index (χ0n) is 19.4. The summed E-state index contributed by atoms with van der Waals surface area (Å²) in [5, 5.41) is 15.7. The van der Waals surface area contributed by atoms with Gasteiger partial charge in [0.15, 0.2) is 5.82 Å². The van der Waals surface area contributed by atoms with Crippen LogP contribution in [0.4, 0.5) is 10.2 Å². The molecule has 1 saturated heterocycles. The fourth-order valence-corrected chi connectivity index (χ4v) is 4.17. The van der Waals surface area contributed by atoms with E-state index in [1.165, 1.54) is 12.1 Å². The lowest BCUT2D eigenvalue weighted by atomic mass is 10.0. The summed E-state index contributed by atoms with van der Waals surface area (Å²) in [4.78, 5) is 18.3. The molecule has 0 amide bonds. The second-order valence-electron chi connectivity index (χ2n) is 8.52. The van der Waals surface area contributed by atoms with Gasteiger partial charge in [0.2, 0.25) is 0 Å². The number of aryl methyl sites for hydroxylation is 1. The maximum Gasteiger partial charge on any atom is 0.293 e. The van der Waals surface area contributed by atoms with Crippen LogP contribution >= 0.6 is 0 Å². The summed E-state index contributed by atoms with van der Waals surface area (Å²) in [6.07, 6.45) is 1.03. The van der Waals surface area contributed by atoms with Crippen molar-refractivity contribution in [3.63, 3.8) is 0 Å². The highest BCUT2D eigenvalue weighted by molar-refractivity contribution is 5.79. The Morgan fingerprint density at radius 1 is 1.26 bits per heavy atom. The van der Waals surface area contributed by atoms with Crippen molar-refractivity contribution in [2.45, 2.75) is 19.9 Å². The Bertz CT molecular complexity index is 1260. The van der Waals surface area contributed by atoms with Crippen molar-refractivity contribution in [2.75, 3.05) is 38.7 Å². The molecule has 1 aliphatic rings. The topological polar surface area (TPSA) is 92.0 Å². The molecule has 1 aliphatic heterocycles. The molecule has 4 rings (SSSR count). The molecule has 2 aromatic carbocycles. The highest BCUT2D eigenvalue weighted by atomic mass is 19.1. The first kappa shape index (κ1) is 23.6. The third kappa shape index (κ3) is 5.01. The van der Waals surface area contributed by atoms with Gasteiger partial charge in [-0.15, -0.1) is 0 Å². The third-order valence-electron chi connectivity index (χ3n) is 6.09. The van der Waals surface area contributed by atoms with Crippen LogP contribution in [0.3, 0.4) is 0 Å². The summed E-state index contributed by atoms with van der Waals surface area (Å²) in [7, 11) is 1.58. The summed E-state index contributed by atoms with van der Waals surface area (Å²) < 4.78 is 21.5. The molecular weight excluding hydrogens is 433 g/mol. The summed E-state index contributed by atoms with van der Waals surface area (Å²) in [6.45, 7) is 5.09. The molecule has 34 heavy (non-hydrogen) atoms. The van der Waals surface area contributed by atoms with E-state index in [-0.39, 0.29) is 16.9 Å². The lowest BCUT2D eigenvalue weighted by Gasteiger charge is -2.20.